The van der Waals surface area contributed by atoms with Crippen molar-refractivity contribution in [3.63, 3.8) is 0 Å². The molecule has 0 aliphatic heterocycles. The Hall–Kier alpha value is -4.53. The van der Waals surface area contributed by atoms with Crippen LogP contribution in [0.4, 0.5) is 5.69 Å². The zero-order valence-electron chi connectivity index (χ0n) is 19.6. The molecule has 0 heterocycles. The lowest BCUT2D eigenvalue weighted by Crippen LogP contribution is -2.47. The van der Waals surface area contributed by atoms with Crippen molar-refractivity contribution in [3.05, 3.63) is 112 Å². The molecule has 0 fully saturated rings. The van der Waals surface area contributed by atoms with Gasteiger partial charge in [0.2, 0.25) is 5.91 Å². The second-order valence-corrected chi connectivity index (χ2v) is 8.04. The number of benzene rings is 3. The highest BCUT2D eigenvalue weighted by Crippen LogP contribution is 2.29. The number of carboxylic acids is 1. The van der Waals surface area contributed by atoms with Crippen molar-refractivity contribution < 1.29 is 29.2 Å². The third-order valence-corrected chi connectivity index (χ3v) is 5.72. The van der Waals surface area contributed by atoms with Crippen LogP contribution in [0.2, 0.25) is 0 Å². The predicted molar refractivity (Wildman–Crippen MR) is 131 cm³/mol. The number of rotatable bonds is 11. The largest absolute Gasteiger partial charge is 0.480 e. The maximum Gasteiger partial charge on any atom is 0.326 e. The normalized spacial score (nSPS) is 12.4. The number of amides is 1. The first-order valence-electron chi connectivity index (χ1n) is 11.3. The third kappa shape index (κ3) is 6.53. The molecule has 0 aromatic heterocycles. The summed E-state index contributed by atoms with van der Waals surface area (Å²) in [5.41, 5.74) is 1.50. The molecular formula is C27H26N2O7. The van der Waals surface area contributed by atoms with Crippen LogP contribution in [-0.2, 0) is 19.1 Å². The number of nitrogens with zero attached hydrogens (tertiary/aromatic N) is 1. The van der Waals surface area contributed by atoms with Crippen LogP contribution in [0.1, 0.15) is 41.9 Å². The Balaban J connectivity index is 1.99. The Bertz CT molecular complexity index is 1160. The smallest absolute Gasteiger partial charge is 0.326 e. The highest BCUT2D eigenvalue weighted by molar-refractivity contribution is 5.91. The van der Waals surface area contributed by atoms with Crippen LogP contribution in [0.15, 0.2) is 84.9 Å². The first kappa shape index (κ1) is 26.1. The van der Waals surface area contributed by atoms with E-state index in [0.717, 1.165) is 0 Å². The molecule has 0 saturated carbocycles. The van der Waals surface area contributed by atoms with Gasteiger partial charge in [-0.15, -0.1) is 0 Å². The van der Waals surface area contributed by atoms with E-state index in [9.17, 15) is 29.6 Å². The quantitative estimate of drug-likeness (QED) is 0.235. The van der Waals surface area contributed by atoms with Crippen molar-refractivity contribution in [2.24, 2.45) is 0 Å². The highest BCUT2D eigenvalue weighted by Gasteiger charge is 2.35. The van der Waals surface area contributed by atoms with Crippen LogP contribution < -0.4 is 5.32 Å². The summed E-state index contributed by atoms with van der Waals surface area (Å²) >= 11 is 0. The zero-order chi connectivity index (χ0) is 26.1. The maximum absolute atomic E-state index is 13.6. The summed E-state index contributed by atoms with van der Waals surface area (Å²) in [7, 11) is 0. The molecule has 9 heteroatoms. The van der Waals surface area contributed by atoms with E-state index in [1.807, 2.05) is 12.1 Å². The summed E-state index contributed by atoms with van der Waals surface area (Å²) in [6.07, 6.45) is -0.343. The van der Waals surface area contributed by atoms with E-state index in [0.29, 0.717) is 16.7 Å². The number of aliphatic carboxylic acids is 1. The minimum atomic E-state index is -1.50. The number of nitro groups is 1. The van der Waals surface area contributed by atoms with Gasteiger partial charge in [0.05, 0.1) is 23.9 Å². The molecule has 0 saturated heterocycles. The number of esters is 1. The van der Waals surface area contributed by atoms with E-state index in [1.54, 1.807) is 55.5 Å². The van der Waals surface area contributed by atoms with E-state index >= 15 is 0 Å². The highest BCUT2D eigenvalue weighted by atomic mass is 16.6. The van der Waals surface area contributed by atoms with E-state index in [-0.39, 0.29) is 18.7 Å². The molecule has 0 spiro atoms. The van der Waals surface area contributed by atoms with Crippen molar-refractivity contribution >= 4 is 23.5 Å². The molecule has 186 valence electrons. The number of ether oxygens (including phenoxy) is 1. The average molecular weight is 491 g/mol. The molecule has 3 aromatic rings. The molecule has 0 unspecified atom stereocenters. The van der Waals surface area contributed by atoms with Gasteiger partial charge in [0.15, 0.2) is 0 Å². The molecule has 2 atom stereocenters. The number of nitro benzene ring substituents is 1. The van der Waals surface area contributed by atoms with Gasteiger partial charge in [0.1, 0.15) is 6.04 Å². The van der Waals surface area contributed by atoms with Crippen molar-refractivity contribution in [3.8, 4) is 0 Å². The Kier molecular flexibility index (Phi) is 8.88. The molecule has 9 nitrogen and oxygen atoms in total. The lowest BCUT2D eigenvalue weighted by Gasteiger charge is -2.27. The first-order chi connectivity index (χ1) is 17.3. The van der Waals surface area contributed by atoms with E-state index in [4.69, 9.17) is 4.74 Å². The van der Waals surface area contributed by atoms with E-state index in [2.05, 4.69) is 5.32 Å². The summed E-state index contributed by atoms with van der Waals surface area (Å²) in [5, 5.41) is 23.8. The Labute approximate surface area is 207 Å². The summed E-state index contributed by atoms with van der Waals surface area (Å²) in [5.74, 6) is -4.39. The monoisotopic (exact) mass is 490 g/mol. The van der Waals surface area contributed by atoms with Gasteiger partial charge in [-0.3, -0.25) is 19.7 Å². The minimum absolute atomic E-state index is 0.0972. The fourth-order valence-corrected chi connectivity index (χ4v) is 4.03. The van der Waals surface area contributed by atoms with Crippen LogP contribution in [0.5, 0.6) is 0 Å². The SMILES string of the molecule is CCOC(=O)C[C@H](c1ccc([N+](=O)[O-])cc1)[C@@H](NC(=O)C(c1ccccc1)c1ccccc1)C(=O)O. The molecule has 0 radical (unpaired) electrons. The van der Waals surface area contributed by atoms with Crippen LogP contribution in [0.25, 0.3) is 0 Å². The maximum atomic E-state index is 13.6. The second-order valence-electron chi connectivity index (χ2n) is 8.04. The fourth-order valence-electron chi connectivity index (χ4n) is 4.03. The summed E-state index contributed by atoms with van der Waals surface area (Å²) in [6, 6.07) is 21.6. The number of non-ortho nitro benzene ring substituents is 1. The number of carbonyl (C=O) groups excluding carboxylic acids is 2. The molecule has 0 aliphatic carbocycles. The van der Waals surface area contributed by atoms with Gasteiger partial charge < -0.3 is 15.2 Å². The fraction of sp³-hybridized carbons (Fsp3) is 0.222. The van der Waals surface area contributed by atoms with Crippen molar-refractivity contribution in [1.29, 1.82) is 0 Å². The summed E-state index contributed by atoms with van der Waals surface area (Å²) in [4.78, 5) is 48.8. The Morgan fingerprint density at radius 1 is 0.889 bits per heavy atom. The van der Waals surface area contributed by atoms with Crippen LogP contribution in [0, 0.1) is 10.1 Å². The summed E-state index contributed by atoms with van der Waals surface area (Å²) in [6.45, 7) is 1.72. The van der Waals surface area contributed by atoms with Crippen molar-refractivity contribution in [1.82, 2.24) is 5.32 Å². The van der Waals surface area contributed by atoms with E-state index < -0.39 is 40.6 Å². The van der Waals surface area contributed by atoms with Gasteiger partial charge in [-0.2, -0.15) is 0 Å². The standard InChI is InChI=1S/C27H26N2O7/c1-2-36-23(30)17-22(18-13-15-21(16-14-18)29(34)35)25(27(32)33)28-26(31)24(19-9-5-3-6-10-19)20-11-7-4-8-12-20/h3-16,22,24-25H,2,17H2,1H3,(H,28,31)(H,32,33)/t22-,25-/m1/s1. The number of hydrogen-bond donors (Lipinski definition) is 2. The molecular weight excluding hydrogens is 464 g/mol. The van der Waals surface area contributed by atoms with Gasteiger partial charge in [0.25, 0.3) is 5.69 Å². The third-order valence-electron chi connectivity index (χ3n) is 5.72. The van der Waals surface area contributed by atoms with Gasteiger partial charge in [-0.25, -0.2) is 4.79 Å². The molecule has 0 aliphatic rings. The van der Waals surface area contributed by atoms with Crippen LogP contribution in [-0.4, -0.2) is 40.5 Å². The number of hydrogen-bond acceptors (Lipinski definition) is 6. The van der Waals surface area contributed by atoms with Gasteiger partial charge in [-0.1, -0.05) is 72.8 Å². The lowest BCUT2D eigenvalue weighted by molar-refractivity contribution is -0.384. The predicted octanol–water partition coefficient (Wildman–Crippen LogP) is 4.03. The van der Waals surface area contributed by atoms with Crippen molar-refractivity contribution in [2.75, 3.05) is 6.61 Å². The van der Waals surface area contributed by atoms with Crippen molar-refractivity contribution in [2.45, 2.75) is 31.2 Å². The summed E-state index contributed by atoms with van der Waals surface area (Å²) < 4.78 is 5.02. The lowest BCUT2D eigenvalue weighted by atomic mass is 9.86. The minimum Gasteiger partial charge on any atom is -0.480 e. The van der Waals surface area contributed by atoms with Gasteiger partial charge >= 0.3 is 11.9 Å². The molecule has 3 rings (SSSR count). The number of carbonyl (C=O) groups is 3. The molecule has 3 aromatic carbocycles. The van der Waals surface area contributed by atoms with E-state index in [1.165, 1.54) is 24.3 Å². The zero-order valence-corrected chi connectivity index (χ0v) is 19.6. The average Bonchev–Trinajstić information content (AvgIpc) is 2.87. The van der Waals surface area contributed by atoms with Crippen LogP contribution in [0.3, 0.4) is 0 Å². The first-order valence-corrected chi connectivity index (χ1v) is 11.3. The van der Waals surface area contributed by atoms with Gasteiger partial charge in [-0.05, 0) is 23.6 Å². The second kappa shape index (κ2) is 12.3. The van der Waals surface area contributed by atoms with Gasteiger partial charge in [0, 0.05) is 18.1 Å². The molecule has 1 amide bonds. The molecule has 2 N–H and O–H groups in total. The number of nitrogens with one attached hydrogen (secondary N) is 1. The van der Waals surface area contributed by atoms with Crippen LogP contribution >= 0.6 is 0 Å². The number of carboxylic acid groups (broad SMARTS) is 1. The molecule has 36 heavy (non-hydrogen) atoms. The Morgan fingerprint density at radius 2 is 1.42 bits per heavy atom. The Morgan fingerprint density at radius 3 is 1.86 bits per heavy atom. The topological polar surface area (TPSA) is 136 Å². The molecule has 0 bridgehead atoms.